The van der Waals surface area contributed by atoms with Crippen LogP contribution >= 0.6 is 0 Å². The molecule has 0 unspecified atom stereocenters. The zero-order valence-electron chi connectivity index (χ0n) is 21.0. The lowest BCUT2D eigenvalue weighted by atomic mass is 10.00. The number of rotatable bonds is 6. The number of hydrogen-bond acceptors (Lipinski definition) is 10. The maximum atomic E-state index is 7.46. The SMILES string of the molecule is [C-]#[N+]c1cccc(-c2nc(N)n3nc(Cn4nnnc4-c4ccccn4)nc3c2-c2ccnc(N(C)C)c2)c1. The van der Waals surface area contributed by atoms with Crippen LogP contribution in [0.3, 0.4) is 0 Å². The average Bonchev–Trinajstić information content (AvgIpc) is 3.61. The smallest absolute Gasteiger partial charge is 0.223 e. The molecule has 6 aromatic rings. The van der Waals surface area contributed by atoms with Gasteiger partial charge >= 0.3 is 0 Å². The predicted octanol–water partition coefficient (Wildman–Crippen LogP) is 3.15. The highest BCUT2D eigenvalue weighted by atomic mass is 15.5. The minimum Gasteiger partial charge on any atom is -0.368 e. The molecule has 0 amide bonds. The maximum Gasteiger partial charge on any atom is 0.223 e. The Balaban J connectivity index is 1.55. The summed E-state index contributed by atoms with van der Waals surface area (Å²) in [5.41, 5.74) is 10.9. The molecule has 0 fully saturated rings. The second-order valence-corrected chi connectivity index (χ2v) is 8.79. The van der Waals surface area contributed by atoms with Crippen molar-refractivity contribution in [1.29, 1.82) is 0 Å². The number of nitrogens with zero attached hydrogens (tertiary/aromatic N) is 12. The normalized spacial score (nSPS) is 11.0. The molecule has 39 heavy (non-hydrogen) atoms. The number of pyridine rings is 2. The fourth-order valence-electron chi connectivity index (χ4n) is 4.21. The summed E-state index contributed by atoms with van der Waals surface area (Å²) in [7, 11) is 3.84. The molecule has 0 bridgehead atoms. The minimum absolute atomic E-state index is 0.152. The van der Waals surface area contributed by atoms with E-state index in [0.717, 1.165) is 16.9 Å². The van der Waals surface area contributed by atoms with Gasteiger partial charge in [-0.25, -0.2) is 24.5 Å². The summed E-state index contributed by atoms with van der Waals surface area (Å²) >= 11 is 0. The van der Waals surface area contributed by atoms with Gasteiger partial charge in [-0.1, -0.05) is 24.3 Å². The van der Waals surface area contributed by atoms with Crippen molar-refractivity contribution in [3.05, 3.63) is 84.2 Å². The van der Waals surface area contributed by atoms with Gasteiger partial charge in [0, 0.05) is 26.5 Å². The molecule has 0 aliphatic rings. The molecular formula is C26H21N13. The molecule has 13 nitrogen and oxygen atoms in total. The Bertz CT molecular complexity index is 1850. The highest BCUT2D eigenvalue weighted by Crippen LogP contribution is 2.36. The van der Waals surface area contributed by atoms with E-state index in [1.807, 2.05) is 61.5 Å². The first kappa shape index (κ1) is 23.6. The molecule has 0 aliphatic heterocycles. The van der Waals surface area contributed by atoms with E-state index in [4.69, 9.17) is 22.3 Å². The van der Waals surface area contributed by atoms with Crippen molar-refractivity contribution in [2.24, 2.45) is 0 Å². The summed E-state index contributed by atoms with van der Waals surface area (Å²) in [6, 6.07) is 16.6. The number of aromatic nitrogens is 10. The minimum atomic E-state index is 0.152. The molecule has 0 saturated carbocycles. The van der Waals surface area contributed by atoms with Gasteiger partial charge in [0.25, 0.3) is 0 Å². The van der Waals surface area contributed by atoms with Gasteiger partial charge in [-0.15, -0.1) is 10.2 Å². The second-order valence-electron chi connectivity index (χ2n) is 8.79. The van der Waals surface area contributed by atoms with Crippen molar-refractivity contribution < 1.29 is 0 Å². The summed E-state index contributed by atoms with van der Waals surface area (Å²) < 4.78 is 3.09. The monoisotopic (exact) mass is 515 g/mol. The number of fused-ring (bicyclic) bond motifs is 1. The van der Waals surface area contributed by atoms with Gasteiger partial charge in [0.15, 0.2) is 17.2 Å². The highest BCUT2D eigenvalue weighted by Gasteiger charge is 2.22. The van der Waals surface area contributed by atoms with Crippen molar-refractivity contribution in [3.63, 3.8) is 0 Å². The summed E-state index contributed by atoms with van der Waals surface area (Å²) in [5, 5.41) is 16.7. The zero-order valence-corrected chi connectivity index (χ0v) is 21.0. The van der Waals surface area contributed by atoms with E-state index in [1.165, 1.54) is 4.52 Å². The van der Waals surface area contributed by atoms with Crippen LogP contribution in [-0.2, 0) is 6.54 Å². The van der Waals surface area contributed by atoms with Crippen LogP contribution in [0.5, 0.6) is 0 Å². The molecule has 6 rings (SSSR count). The molecule has 5 heterocycles. The van der Waals surface area contributed by atoms with E-state index in [0.29, 0.717) is 39.9 Å². The van der Waals surface area contributed by atoms with Crippen molar-refractivity contribution in [3.8, 4) is 33.9 Å². The van der Waals surface area contributed by atoms with Crippen molar-refractivity contribution >= 4 is 23.1 Å². The van der Waals surface area contributed by atoms with Gasteiger partial charge in [-0.2, -0.15) is 4.52 Å². The number of hydrogen-bond donors (Lipinski definition) is 1. The highest BCUT2D eigenvalue weighted by molar-refractivity contribution is 5.91. The summed E-state index contributed by atoms with van der Waals surface area (Å²) in [5.74, 6) is 1.83. The zero-order chi connectivity index (χ0) is 26.9. The molecule has 190 valence electrons. The lowest BCUT2D eigenvalue weighted by Crippen LogP contribution is -2.10. The molecule has 1 aromatic carbocycles. The van der Waals surface area contributed by atoms with Crippen LogP contribution < -0.4 is 10.6 Å². The third-order valence-electron chi connectivity index (χ3n) is 6.01. The van der Waals surface area contributed by atoms with Crippen molar-refractivity contribution in [2.75, 3.05) is 24.7 Å². The molecule has 13 heteroatoms. The Morgan fingerprint density at radius 2 is 1.87 bits per heavy atom. The van der Waals surface area contributed by atoms with Gasteiger partial charge in [0.05, 0.1) is 17.8 Å². The molecular weight excluding hydrogens is 494 g/mol. The Kier molecular flexibility index (Phi) is 5.81. The van der Waals surface area contributed by atoms with Crippen LogP contribution in [0, 0.1) is 6.57 Å². The maximum absolute atomic E-state index is 7.46. The first-order valence-corrected chi connectivity index (χ1v) is 11.9. The van der Waals surface area contributed by atoms with Crippen LogP contribution in [0.4, 0.5) is 17.5 Å². The van der Waals surface area contributed by atoms with E-state index in [2.05, 4.69) is 35.4 Å². The molecule has 0 radical (unpaired) electrons. The Morgan fingerprint density at radius 1 is 0.974 bits per heavy atom. The second kappa shape index (κ2) is 9.60. The molecule has 2 N–H and O–H groups in total. The van der Waals surface area contributed by atoms with E-state index in [9.17, 15) is 0 Å². The summed E-state index contributed by atoms with van der Waals surface area (Å²) in [6.45, 7) is 7.64. The number of nitrogens with two attached hydrogens (primary N) is 1. The van der Waals surface area contributed by atoms with Crippen LogP contribution in [0.15, 0.2) is 67.0 Å². The van der Waals surface area contributed by atoms with Crippen LogP contribution in [0.1, 0.15) is 5.82 Å². The van der Waals surface area contributed by atoms with E-state index in [-0.39, 0.29) is 12.5 Å². The van der Waals surface area contributed by atoms with Gasteiger partial charge in [-0.3, -0.25) is 4.98 Å². The fraction of sp³-hybridized carbons (Fsp3) is 0.115. The Labute approximate surface area is 222 Å². The van der Waals surface area contributed by atoms with Gasteiger partial charge in [0.1, 0.15) is 18.1 Å². The standard InChI is InChI=1S/C26H21N13/c1-28-18-8-6-7-17(13-18)23-22(16-10-12-30-21(14-16)37(2)3)25-31-20(34-39(25)26(27)32-23)15-38-24(33-35-36-38)19-9-4-5-11-29-19/h4-14H,15H2,2-3H3,(H2,27,32). The molecule has 0 spiro atoms. The van der Waals surface area contributed by atoms with Crippen LogP contribution in [0.25, 0.3) is 44.4 Å². The molecule has 5 aromatic heterocycles. The average molecular weight is 516 g/mol. The Morgan fingerprint density at radius 3 is 2.67 bits per heavy atom. The fourth-order valence-corrected chi connectivity index (χ4v) is 4.21. The summed E-state index contributed by atoms with van der Waals surface area (Å²) in [4.78, 5) is 23.9. The lowest BCUT2D eigenvalue weighted by molar-refractivity contribution is 0.627. The lowest BCUT2D eigenvalue weighted by Gasteiger charge is -2.15. The van der Waals surface area contributed by atoms with Gasteiger partial charge in [-0.05, 0) is 51.9 Å². The van der Waals surface area contributed by atoms with Gasteiger partial charge < -0.3 is 10.6 Å². The third-order valence-corrected chi connectivity index (χ3v) is 6.01. The first-order valence-electron chi connectivity index (χ1n) is 11.9. The van der Waals surface area contributed by atoms with Gasteiger partial charge in [0.2, 0.25) is 11.8 Å². The Hall–Kier alpha value is -5.77. The number of tetrazole rings is 1. The number of anilines is 2. The van der Waals surface area contributed by atoms with Crippen molar-refractivity contribution in [1.82, 2.24) is 49.8 Å². The number of benzene rings is 1. The predicted molar refractivity (Wildman–Crippen MR) is 145 cm³/mol. The van der Waals surface area contributed by atoms with E-state index in [1.54, 1.807) is 29.2 Å². The molecule has 0 atom stereocenters. The summed E-state index contributed by atoms with van der Waals surface area (Å²) in [6.07, 6.45) is 3.41. The van der Waals surface area contributed by atoms with Crippen LogP contribution in [0.2, 0.25) is 0 Å². The third kappa shape index (κ3) is 4.36. The van der Waals surface area contributed by atoms with Crippen molar-refractivity contribution in [2.45, 2.75) is 6.54 Å². The first-order chi connectivity index (χ1) is 19.0. The molecule has 0 saturated heterocycles. The molecule has 0 aliphatic carbocycles. The van der Waals surface area contributed by atoms with E-state index < -0.39 is 0 Å². The number of nitrogen functional groups attached to an aromatic ring is 1. The van der Waals surface area contributed by atoms with E-state index >= 15 is 0 Å². The topological polar surface area (TPSA) is 146 Å². The largest absolute Gasteiger partial charge is 0.368 e. The quantitative estimate of drug-likeness (QED) is 0.328. The van der Waals surface area contributed by atoms with Crippen LogP contribution in [-0.4, -0.2) is 63.9 Å².